The van der Waals surface area contributed by atoms with Gasteiger partial charge in [0.15, 0.2) is 5.78 Å². The van der Waals surface area contributed by atoms with Gasteiger partial charge in [-0.05, 0) is 55.8 Å². The fourth-order valence-electron chi connectivity index (χ4n) is 3.54. The van der Waals surface area contributed by atoms with Gasteiger partial charge in [-0.25, -0.2) is 13.5 Å². The highest BCUT2D eigenvalue weighted by Gasteiger charge is 2.18. The average molecular weight is 511 g/mol. The van der Waals surface area contributed by atoms with Gasteiger partial charge in [0.25, 0.3) is 0 Å². The fourth-order valence-corrected chi connectivity index (χ4v) is 3.81. The van der Waals surface area contributed by atoms with Crippen LogP contribution in [0.3, 0.4) is 0 Å². The third-order valence-electron chi connectivity index (χ3n) is 5.34. The SMILES string of the molecule is CCOC(=O)Cn1cc(-c2ccc(C)c(C(=O)c3ccc(Nc4ccc(F)cc4F)cc3Cl)c2)nn1. The number of nitrogens with one attached hydrogen (secondary N) is 1. The third-order valence-corrected chi connectivity index (χ3v) is 5.65. The topological polar surface area (TPSA) is 86.1 Å². The normalized spacial score (nSPS) is 10.8. The molecule has 1 N–H and O–H groups in total. The molecule has 0 aliphatic carbocycles. The summed E-state index contributed by atoms with van der Waals surface area (Å²) < 4.78 is 33.4. The van der Waals surface area contributed by atoms with Crippen LogP contribution in [0.1, 0.15) is 28.4 Å². The average Bonchev–Trinajstić information content (AvgIpc) is 3.29. The zero-order chi connectivity index (χ0) is 25.8. The van der Waals surface area contributed by atoms with Gasteiger partial charge in [-0.15, -0.1) is 5.10 Å². The molecule has 4 aromatic rings. The van der Waals surface area contributed by atoms with Crippen molar-refractivity contribution in [2.45, 2.75) is 20.4 Å². The van der Waals surface area contributed by atoms with Crippen molar-refractivity contribution in [2.24, 2.45) is 0 Å². The van der Waals surface area contributed by atoms with Gasteiger partial charge in [0, 0.05) is 28.4 Å². The van der Waals surface area contributed by atoms with Gasteiger partial charge in [-0.3, -0.25) is 9.59 Å². The van der Waals surface area contributed by atoms with Crippen LogP contribution >= 0.6 is 11.6 Å². The number of aryl methyl sites for hydroxylation is 1. The summed E-state index contributed by atoms with van der Waals surface area (Å²) in [6.45, 7) is 3.72. The number of ketones is 1. The molecule has 184 valence electrons. The first kappa shape index (κ1) is 25.0. The molecule has 0 saturated heterocycles. The van der Waals surface area contributed by atoms with Crippen molar-refractivity contribution < 1.29 is 23.1 Å². The van der Waals surface area contributed by atoms with E-state index >= 15 is 0 Å². The molecule has 4 rings (SSSR count). The Hall–Kier alpha value is -4.11. The van der Waals surface area contributed by atoms with Crippen LogP contribution in [0, 0.1) is 18.6 Å². The Morgan fingerprint density at radius 3 is 2.58 bits per heavy atom. The number of aromatic nitrogens is 3. The van der Waals surface area contributed by atoms with E-state index < -0.39 is 17.6 Å². The summed E-state index contributed by atoms with van der Waals surface area (Å²) in [5.41, 5.74) is 3.04. The molecule has 3 aromatic carbocycles. The fraction of sp³-hybridized carbons (Fsp3) is 0.154. The van der Waals surface area contributed by atoms with E-state index in [9.17, 15) is 18.4 Å². The third kappa shape index (κ3) is 5.58. The summed E-state index contributed by atoms with van der Waals surface area (Å²) in [6.07, 6.45) is 1.60. The molecule has 1 aromatic heterocycles. The van der Waals surface area contributed by atoms with Gasteiger partial charge in [0.1, 0.15) is 23.9 Å². The Bertz CT molecular complexity index is 1460. The quantitative estimate of drug-likeness (QED) is 0.241. The number of carbonyl (C=O) groups excluding carboxylic acids is 2. The van der Waals surface area contributed by atoms with Crippen LogP contribution in [0.5, 0.6) is 0 Å². The highest BCUT2D eigenvalue weighted by molar-refractivity contribution is 6.35. The highest BCUT2D eigenvalue weighted by atomic mass is 35.5. The van der Waals surface area contributed by atoms with E-state index in [0.717, 1.165) is 17.7 Å². The highest BCUT2D eigenvalue weighted by Crippen LogP contribution is 2.29. The lowest BCUT2D eigenvalue weighted by molar-refractivity contribution is -0.144. The molecule has 0 spiro atoms. The van der Waals surface area contributed by atoms with E-state index in [1.54, 1.807) is 44.3 Å². The predicted octanol–water partition coefficient (Wildman–Crippen LogP) is 5.72. The lowest BCUT2D eigenvalue weighted by atomic mass is 9.96. The van der Waals surface area contributed by atoms with Crippen LogP contribution in [0.2, 0.25) is 5.02 Å². The Kier molecular flexibility index (Phi) is 7.40. The smallest absolute Gasteiger partial charge is 0.327 e. The van der Waals surface area contributed by atoms with Crippen molar-refractivity contribution in [1.29, 1.82) is 0 Å². The van der Waals surface area contributed by atoms with Crippen LogP contribution in [-0.2, 0) is 16.1 Å². The molecule has 0 radical (unpaired) electrons. The number of anilines is 2. The maximum absolute atomic E-state index is 14.0. The molecule has 0 saturated carbocycles. The van der Waals surface area contributed by atoms with Crippen LogP contribution in [0.4, 0.5) is 20.2 Å². The molecule has 0 aliphatic heterocycles. The predicted molar refractivity (Wildman–Crippen MR) is 131 cm³/mol. The van der Waals surface area contributed by atoms with E-state index in [-0.39, 0.29) is 35.2 Å². The maximum Gasteiger partial charge on any atom is 0.327 e. The minimum absolute atomic E-state index is 0.0731. The molecule has 7 nitrogen and oxygen atoms in total. The molecule has 0 atom stereocenters. The number of carbonyl (C=O) groups is 2. The first-order valence-electron chi connectivity index (χ1n) is 11.0. The monoisotopic (exact) mass is 510 g/mol. The Morgan fingerprint density at radius 2 is 1.86 bits per heavy atom. The van der Waals surface area contributed by atoms with Crippen molar-refractivity contribution in [3.8, 4) is 11.3 Å². The van der Waals surface area contributed by atoms with Crippen LogP contribution < -0.4 is 5.32 Å². The minimum Gasteiger partial charge on any atom is -0.465 e. The van der Waals surface area contributed by atoms with Gasteiger partial charge in [0.2, 0.25) is 0 Å². The zero-order valence-electron chi connectivity index (χ0n) is 19.4. The molecule has 10 heteroatoms. The van der Waals surface area contributed by atoms with E-state index in [1.807, 2.05) is 0 Å². The summed E-state index contributed by atoms with van der Waals surface area (Å²) in [5, 5.41) is 11.0. The lowest BCUT2D eigenvalue weighted by Crippen LogP contribution is -2.13. The number of benzene rings is 3. The van der Waals surface area contributed by atoms with E-state index in [0.29, 0.717) is 22.5 Å². The van der Waals surface area contributed by atoms with Gasteiger partial charge in [-0.2, -0.15) is 0 Å². The first-order valence-corrected chi connectivity index (χ1v) is 11.4. The number of nitrogens with zero attached hydrogens (tertiary/aromatic N) is 3. The van der Waals surface area contributed by atoms with Crippen LogP contribution in [0.25, 0.3) is 11.3 Å². The van der Waals surface area contributed by atoms with Gasteiger partial charge >= 0.3 is 5.97 Å². The van der Waals surface area contributed by atoms with E-state index in [2.05, 4.69) is 15.6 Å². The minimum atomic E-state index is -0.752. The number of esters is 1. The molecule has 0 unspecified atom stereocenters. The number of rotatable bonds is 8. The van der Waals surface area contributed by atoms with Crippen molar-refractivity contribution in [3.63, 3.8) is 0 Å². The lowest BCUT2D eigenvalue weighted by Gasteiger charge is -2.12. The van der Waals surface area contributed by atoms with Gasteiger partial charge in [-0.1, -0.05) is 28.9 Å². The van der Waals surface area contributed by atoms with E-state index in [4.69, 9.17) is 16.3 Å². The number of ether oxygens (including phenoxy) is 1. The van der Waals surface area contributed by atoms with Gasteiger partial charge in [0.05, 0.1) is 23.5 Å². The van der Waals surface area contributed by atoms with Crippen LogP contribution in [-0.4, -0.2) is 33.4 Å². The zero-order valence-corrected chi connectivity index (χ0v) is 20.1. The molecule has 0 aliphatic rings. The van der Waals surface area contributed by atoms with Crippen LogP contribution in [0.15, 0.2) is 60.8 Å². The van der Waals surface area contributed by atoms with Crippen molar-refractivity contribution >= 4 is 34.7 Å². The molecular formula is C26H21ClF2N4O3. The molecule has 0 fully saturated rings. The Labute approximate surface area is 210 Å². The second-order valence-corrected chi connectivity index (χ2v) is 8.32. The Morgan fingerprint density at radius 1 is 1.06 bits per heavy atom. The second kappa shape index (κ2) is 10.7. The first-order chi connectivity index (χ1) is 17.2. The standard InChI is InChI=1S/C26H21ClF2N4O3/c1-3-36-25(34)14-33-13-24(31-32-33)16-5-4-15(2)20(10-16)26(35)19-8-7-18(12-21(19)27)30-23-9-6-17(28)11-22(23)29/h4-13,30H,3,14H2,1-2H3. The summed E-state index contributed by atoms with van der Waals surface area (Å²) in [4.78, 5) is 25.0. The second-order valence-electron chi connectivity index (χ2n) is 7.91. The molecule has 1 heterocycles. The largest absolute Gasteiger partial charge is 0.465 e. The Balaban J connectivity index is 1.57. The summed E-state index contributed by atoms with van der Waals surface area (Å²) in [6, 6.07) is 13.1. The van der Waals surface area contributed by atoms with E-state index in [1.165, 1.54) is 22.9 Å². The van der Waals surface area contributed by atoms with Gasteiger partial charge < -0.3 is 10.1 Å². The maximum atomic E-state index is 14.0. The summed E-state index contributed by atoms with van der Waals surface area (Å²) >= 11 is 6.41. The molecular weight excluding hydrogens is 490 g/mol. The van der Waals surface area contributed by atoms with Crippen molar-refractivity contribution in [2.75, 3.05) is 11.9 Å². The molecule has 36 heavy (non-hydrogen) atoms. The van der Waals surface area contributed by atoms with Crippen molar-refractivity contribution in [1.82, 2.24) is 15.0 Å². The number of hydrogen-bond acceptors (Lipinski definition) is 6. The molecule has 0 amide bonds. The molecule has 0 bridgehead atoms. The number of hydrogen-bond donors (Lipinski definition) is 1. The summed E-state index contributed by atoms with van der Waals surface area (Å²) in [5.74, 6) is -2.17. The number of halogens is 3. The van der Waals surface area contributed by atoms with Crippen molar-refractivity contribution in [3.05, 3.63) is 94.1 Å². The summed E-state index contributed by atoms with van der Waals surface area (Å²) in [7, 11) is 0.